The van der Waals surface area contributed by atoms with Gasteiger partial charge in [0.05, 0.1) is 0 Å². The summed E-state index contributed by atoms with van der Waals surface area (Å²) >= 11 is 2.00. The zero-order valence-corrected chi connectivity index (χ0v) is 16.9. The number of para-hydroxylation sites is 1. The highest BCUT2D eigenvalue weighted by Gasteiger charge is 2.15. The molecule has 2 aromatic carbocycles. The number of thioether (sulfide) groups is 1. The maximum Gasteiger partial charge on any atom is 0.257 e. The van der Waals surface area contributed by atoms with Crippen LogP contribution in [0.4, 0.5) is 5.69 Å². The molecule has 1 aliphatic heterocycles. The van der Waals surface area contributed by atoms with Gasteiger partial charge in [-0.1, -0.05) is 30.3 Å². The first-order chi connectivity index (χ1) is 14.3. The second-order valence-corrected chi connectivity index (χ2v) is 7.94. The summed E-state index contributed by atoms with van der Waals surface area (Å²) in [5.41, 5.74) is 2.72. The van der Waals surface area contributed by atoms with Gasteiger partial charge in [-0.25, -0.2) is 4.98 Å². The quantitative estimate of drug-likeness (QED) is 0.660. The van der Waals surface area contributed by atoms with Crippen molar-refractivity contribution in [1.82, 2.24) is 10.3 Å². The number of ether oxygens (including phenoxy) is 1. The highest BCUT2D eigenvalue weighted by Crippen LogP contribution is 2.23. The van der Waals surface area contributed by atoms with E-state index < -0.39 is 0 Å². The van der Waals surface area contributed by atoms with E-state index in [0.717, 1.165) is 18.7 Å². The van der Waals surface area contributed by atoms with Gasteiger partial charge in [-0.05, 0) is 42.0 Å². The third kappa shape index (κ3) is 5.09. The van der Waals surface area contributed by atoms with Crippen molar-refractivity contribution in [3.8, 4) is 11.6 Å². The van der Waals surface area contributed by atoms with Crippen molar-refractivity contribution < 1.29 is 9.53 Å². The Kier molecular flexibility index (Phi) is 6.32. The third-order valence-electron chi connectivity index (χ3n) is 4.74. The van der Waals surface area contributed by atoms with E-state index in [1.807, 2.05) is 42.1 Å². The molecule has 0 saturated carbocycles. The Balaban J connectivity index is 1.38. The smallest absolute Gasteiger partial charge is 0.257 e. The standard InChI is InChI=1S/C23H23N3O2S/c27-22(21-7-4-12-24-23(21)28-20-5-2-1-3-6-20)25-17-18-8-10-19(11-9-18)26-13-15-29-16-14-26/h1-12H,13-17H2,(H,25,27). The summed E-state index contributed by atoms with van der Waals surface area (Å²) in [4.78, 5) is 19.3. The van der Waals surface area contributed by atoms with Crippen LogP contribution >= 0.6 is 11.8 Å². The van der Waals surface area contributed by atoms with Crippen LogP contribution in [0.25, 0.3) is 0 Å². The molecular formula is C23H23N3O2S. The molecule has 1 aromatic heterocycles. The van der Waals surface area contributed by atoms with Gasteiger partial charge >= 0.3 is 0 Å². The van der Waals surface area contributed by atoms with Crippen molar-refractivity contribution in [1.29, 1.82) is 0 Å². The summed E-state index contributed by atoms with van der Waals surface area (Å²) in [6.07, 6.45) is 1.62. The Bertz CT molecular complexity index is 942. The van der Waals surface area contributed by atoms with Crippen molar-refractivity contribution >= 4 is 23.4 Å². The second kappa shape index (κ2) is 9.47. The highest BCUT2D eigenvalue weighted by atomic mass is 32.2. The fourth-order valence-electron chi connectivity index (χ4n) is 3.17. The third-order valence-corrected chi connectivity index (χ3v) is 5.68. The first kappa shape index (κ1) is 19.3. The van der Waals surface area contributed by atoms with E-state index in [1.165, 1.54) is 17.2 Å². The molecule has 2 heterocycles. The zero-order valence-electron chi connectivity index (χ0n) is 16.1. The molecule has 0 spiro atoms. The predicted octanol–water partition coefficient (Wildman–Crippen LogP) is 4.36. The van der Waals surface area contributed by atoms with Crippen molar-refractivity contribution in [3.05, 3.63) is 84.1 Å². The minimum Gasteiger partial charge on any atom is -0.438 e. The van der Waals surface area contributed by atoms with E-state index in [9.17, 15) is 4.79 Å². The number of hydrogen-bond donors (Lipinski definition) is 1. The van der Waals surface area contributed by atoms with Gasteiger partial charge in [0, 0.05) is 43.0 Å². The molecule has 1 amide bonds. The Hall–Kier alpha value is -2.99. The molecule has 0 atom stereocenters. The fourth-order valence-corrected chi connectivity index (χ4v) is 4.07. The van der Waals surface area contributed by atoms with E-state index in [-0.39, 0.29) is 5.91 Å². The van der Waals surface area contributed by atoms with Gasteiger partial charge in [0.25, 0.3) is 5.91 Å². The number of rotatable bonds is 6. The lowest BCUT2D eigenvalue weighted by Gasteiger charge is -2.28. The van der Waals surface area contributed by atoms with Crippen molar-refractivity contribution in [2.75, 3.05) is 29.5 Å². The largest absolute Gasteiger partial charge is 0.438 e. The number of carbonyl (C=O) groups is 1. The molecular weight excluding hydrogens is 382 g/mol. The van der Waals surface area contributed by atoms with Crippen LogP contribution in [-0.4, -0.2) is 35.5 Å². The van der Waals surface area contributed by atoms with Crippen LogP contribution in [0.5, 0.6) is 11.6 Å². The SMILES string of the molecule is O=C(NCc1ccc(N2CCSCC2)cc1)c1cccnc1Oc1ccccc1. The lowest BCUT2D eigenvalue weighted by Crippen LogP contribution is -2.32. The molecule has 1 N–H and O–H groups in total. The van der Waals surface area contributed by atoms with Crippen LogP contribution in [0.3, 0.4) is 0 Å². The molecule has 0 aliphatic carbocycles. The minimum atomic E-state index is -0.207. The molecule has 1 saturated heterocycles. The molecule has 1 fully saturated rings. The number of benzene rings is 2. The molecule has 0 unspecified atom stereocenters. The number of pyridine rings is 1. The number of carbonyl (C=O) groups excluding carboxylic acids is 1. The number of nitrogens with zero attached hydrogens (tertiary/aromatic N) is 2. The van der Waals surface area contributed by atoms with Crippen LogP contribution in [0.1, 0.15) is 15.9 Å². The molecule has 148 valence electrons. The normalized spacial score (nSPS) is 13.7. The first-order valence-electron chi connectivity index (χ1n) is 9.67. The molecule has 1 aliphatic rings. The number of anilines is 1. The van der Waals surface area contributed by atoms with Crippen LogP contribution in [0.2, 0.25) is 0 Å². The Labute approximate surface area is 175 Å². The Morgan fingerprint density at radius 2 is 1.76 bits per heavy atom. The van der Waals surface area contributed by atoms with E-state index in [2.05, 4.69) is 39.5 Å². The summed E-state index contributed by atoms with van der Waals surface area (Å²) in [5, 5.41) is 2.96. The molecule has 0 radical (unpaired) electrons. The summed E-state index contributed by atoms with van der Waals surface area (Å²) in [6.45, 7) is 2.63. The maximum absolute atomic E-state index is 12.7. The van der Waals surface area contributed by atoms with Gasteiger partial charge in [-0.2, -0.15) is 11.8 Å². The number of amides is 1. The van der Waals surface area contributed by atoms with Crippen LogP contribution in [0, 0.1) is 0 Å². The van der Waals surface area contributed by atoms with Crippen LogP contribution < -0.4 is 15.0 Å². The highest BCUT2D eigenvalue weighted by molar-refractivity contribution is 7.99. The van der Waals surface area contributed by atoms with Crippen molar-refractivity contribution in [2.24, 2.45) is 0 Å². The summed E-state index contributed by atoms with van der Waals surface area (Å²) < 4.78 is 5.79. The number of aromatic nitrogens is 1. The van der Waals surface area contributed by atoms with Crippen molar-refractivity contribution in [3.63, 3.8) is 0 Å². The molecule has 29 heavy (non-hydrogen) atoms. The summed E-state index contributed by atoms with van der Waals surface area (Å²) in [7, 11) is 0. The topological polar surface area (TPSA) is 54.5 Å². The molecule has 3 aromatic rings. The summed E-state index contributed by atoms with van der Waals surface area (Å²) in [5.74, 6) is 3.09. The van der Waals surface area contributed by atoms with Gasteiger partial charge in [0.1, 0.15) is 11.3 Å². The lowest BCUT2D eigenvalue weighted by atomic mass is 10.2. The van der Waals surface area contributed by atoms with Gasteiger partial charge in [0.15, 0.2) is 0 Å². The fraction of sp³-hybridized carbons (Fsp3) is 0.217. The van der Waals surface area contributed by atoms with Gasteiger partial charge < -0.3 is 15.0 Å². The monoisotopic (exact) mass is 405 g/mol. The van der Waals surface area contributed by atoms with Gasteiger partial charge in [-0.15, -0.1) is 0 Å². The first-order valence-corrected chi connectivity index (χ1v) is 10.8. The molecule has 5 nitrogen and oxygen atoms in total. The van der Waals surface area contributed by atoms with E-state index >= 15 is 0 Å². The number of hydrogen-bond acceptors (Lipinski definition) is 5. The van der Waals surface area contributed by atoms with E-state index in [0.29, 0.717) is 23.7 Å². The van der Waals surface area contributed by atoms with Gasteiger partial charge in [0.2, 0.25) is 5.88 Å². The van der Waals surface area contributed by atoms with Crippen LogP contribution in [-0.2, 0) is 6.54 Å². The maximum atomic E-state index is 12.7. The molecule has 4 rings (SSSR count). The number of nitrogens with one attached hydrogen (secondary N) is 1. The lowest BCUT2D eigenvalue weighted by molar-refractivity contribution is 0.0948. The average Bonchev–Trinajstić information content (AvgIpc) is 2.79. The minimum absolute atomic E-state index is 0.207. The predicted molar refractivity (Wildman–Crippen MR) is 118 cm³/mol. The summed E-state index contributed by atoms with van der Waals surface area (Å²) in [6, 6.07) is 21.2. The van der Waals surface area contributed by atoms with Crippen molar-refractivity contribution in [2.45, 2.75) is 6.54 Å². The average molecular weight is 406 g/mol. The zero-order chi connectivity index (χ0) is 19.9. The van der Waals surface area contributed by atoms with E-state index in [1.54, 1.807) is 18.3 Å². The van der Waals surface area contributed by atoms with E-state index in [4.69, 9.17) is 4.74 Å². The second-order valence-electron chi connectivity index (χ2n) is 6.72. The Morgan fingerprint density at radius 3 is 2.52 bits per heavy atom. The van der Waals surface area contributed by atoms with Gasteiger partial charge in [-0.3, -0.25) is 4.79 Å². The molecule has 0 bridgehead atoms. The Morgan fingerprint density at radius 1 is 1.00 bits per heavy atom. The van der Waals surface area contributed by atoms with Crippen LogP contribution in [0.15, 0.2) is 72.9 Å². The molecule has 6 heteroatoms.